The van der Waals surface area contributed by atoms with E-state index in [1.54, 1.807) is 19.6 Å². The molecule has 3 heterocycles. The second-order valence-corrected chi connectivity index (χ2v) is 8.77. The van der Waals surface area contributed by atoms with Crippen LogP contribution in [0.25, 0.3) is 22.3 Å². The van der Waals surface area contributed by atoms with Crippen molar-refractivity contribution < 1.29 is 4.74 Å². The van der Waals surface area contributed by atoms with Crippen molar-refractivity contribution in [3.63, 3.8) is 0 Å². The van der Waals surface area contributed by atoms with Crippen molar-refractivity contribution in [2.45, 2.75) is 27.2 Å². The lowest BCUT2D eigenvalue weighted by Crippen LogP contribution is -2.19. The monoisotopic (exact) mass is 417 g/mol. The molecule has 0 aliphatic heterocycles. The molecule has 8 nitrogen and oxygen atoms in total. The Morgan fingerprint density at radius 3 is 2.68 bits per heavy atom. The molecule has 4 aromatic rings. The molecule has 1 aromatic carbocycles. The number of fused-ring (bicyclic) bond motifs is 1. The average Bonchev–Trinajstić information content (AvgIpc) is 3.18. The normalized spacial score (nSPS) is 11.6. The van der Waals surface area contributed by atoms with Gasteiger partial charge in [-0.1, -0.05) is 32.9 Å². The van der Waals surface area contributed by atoms with E-state index in [9.17, 15) is 0 Å². The van der Waals surface area contributed by atoms with Gasteiger partial charge in [-0.3, -0.25) is 0 Å². The van der Waals surface area contributed by atoms with Crippen molar-refractivity contribution in [1.29, 1.82) is 0 Å². The van der Waals surface area contributed by atoms with Crippen molar-refractivity contribution in [3.8, 4) is 17.1 Å². The van der Waals surface area contributed by atoms with E-state index in [0.29, 0.717) is 12.2 Å². The van der Waals surface area contributed by atoms with Gasteiger partial charge in [0.1, 0.15) is 23.4 Å². The lowest BCUT2D eigenvalue weighted by Gasteiger charge is -2.19. The molecule has 160 valence electrons. The van der Waals surface area contributed by atoms with Crippen LogP contribution in [0.2, 0.25) is 0 Å². The molecule has 0 spiro atoms. The molecule has 4 rings (SSSR count). The van der Waals surface area contributed by atoms with Gasteiger partial charge in [-0.2, -0.15) is 0 Å². The van der Waals surface area contributed by atoms with Crippen LogP contribution in [-0.4, -0.2) is 43.4 Å². The minimum atomic E-state index is 0.136. The van der Waals surface area contributed by atoms with E-state index in [1.807, 2.05) is 42.1 Å². The van der Waals surface area contributed by atoms with Gasteiger partial charge >= 0.3 is 0 Å². The van der Waals surface area contributed by atoms with Gasteiger partial charge in [-0.15, -0.1) is 10.2 Å². The molecule has 8 heteroatoms. The largest absolute Gasteiger partial charge is 0.496 e. The Balaban J connectivity index is 1.64. The molecule has 0 fully saturated rings. The first kappa shape index (κ1) is 20.7. The van der Waals surface area contributed by atoms with E-state index in [2.05, 4.69) is 46.3 Å². The highest BCUT2D eigenvalue weighted by Gasteiger charge is 2.14. The Kier molecular flexibility index (Phi) is 5.54. The third-order valence-electron chi connectivity index (χ3n) is 4.94. The Labute approximate surface area is 181 Å². The first-order chi connectivity index (χ1) is 14.8. The standard InChI is InChI=1S/C23H27N7O/c1-23(2,3)13-26-21-20-17(8-9-24-21)12-25-19(28-20)11-15-6-7-16(10-18(15)31-5)22-29-27-14-30(22)4/h6-10,12,14H,11,13H2,1-5H3,(H,24,26). The molecule has 0 aliphatic carbocycles. The number of hydrogen-bond acceptors (Lipinski definition) is 7. The van der Waals surface area contributed by atoms with Crippen LogP contribution in [0.5, 0.6) is 5.75 Å². The van der Waals surface area contributed by atoms with Crippen LogP contribution >= 0.6 is 0 Å². The highest BCUT2D eigenvalue weighted by Crippen LogP contribution is 2.28. The summed E-state index contributed by atoms with van der Waals surface area (Å²) in [7, 11) is 3.58. The summed E-state index contributed by atoms with van der Waals surface area (Å²) < 4.78 is 7.52. The summed E-state index contributed by atoms with van der Waals surface area (Å²) in [5.41, 5.74) is 2.91. The van der Waals surface area contributed by atoms with E-state index < -0.39 is 0 Å². The first-order valence-corrected chi connectivity index (χ1v) is 10.2. The summed E-state index contributed by atoms with van der Waals surface area (Å²) in [5.74, 6) is 3.04. The number of methoxy groups -OCH3 is 1. The number of hydrogen-bond donors (Lipinski definition) is 1. The van der Waals surface area contributed by atoms with E-state index in [-0.39, 0.29) is 5.41 Å². The van der Waals surface area contributed by atoms with Crippen LogP contribution in [0.1, 0.15) is 32.2 Å². The van der Waals surface area contributed by atoms with Crippen LogP contribution < -0.4 is 10.1 Å². The number of rotatable bonds is 6. The summed E-state index contributed by atoms with van der Waals surface area (Å²) >= 11 is 0. The number of anilines is 1. The Hall–Kier alpha value is -3.55. The van der Waals surface area contributed by atoms with Gasteiger partial charge in [-0.05, 0) is 17.5 Å². The van der Waals surface area contributed by atoms with Crippen molar-refractivity contribution in [2.75, 3.05) is 19.0 Å². The van der Waals surface area contributed by atoms with Crippen LogP contribution in [0.15, 0.2) is 43.0 Å². The first-order valence-electron chi connectivity index (χ1n) is 10.2. The summed E-state index contributed by atoms with van der Waals surface area (Å²) in [6, 6.07) is 7.94. The molecular formula is C23H27N7O. The zero-order valence-electron chi connectivity index (χ0n) is 18.5. The molecule has 0 saturated carbocycles. The Morgan fingerprint density at radius 2 is 1.97 bits per heavy atom. The van der Waals surface area contributed by atoms with Crippen molar-refractivity contribution in [1.82, 2.24) is 29.7 Å². The van der Waals surface area contributed by atoms with Crippen LogP contribution in [0.3, 0.4) is 0 Å². The number of ether oxygens (including phenoxy) is 1. The van der Waals surface area contributed by atoms with Gasteiger partial charge in [0.05, 0.1) is 7.11 Å². The van der Waals surface area contributed by atoms with Gasteiger partial charge in [0.2, 0.25) is 0 Å². The maximum Gasteiger partial charge on any atom is 0.163 e. The second-order valence-electron chi connectivity index (χ2n) is 8.77. The Morgan fingerprint density at radius 1 is 1.13 bits per heavy atom. The number of aromatic nitrogens is 6. The molecule has 31 heavy (non-hydrogen) atoms. The predicted molar refractivity (Wildman–Crippen MR) is 121 cm³/mol. The molecule has 0 bridgehead atoms. The van der Waals surface area contributed by atoms with Gasteiger partial charge in [-0.25, -0.2) is 15.0 Å². The van der Waals surface area contributed by atoms with E-state index >= 15 is 0 Å². The van der Waals surface area contributed by atoms with Gasteiger partial charge < -0.3 is 14.6 Å². The fourth-order valence-electron chi connectivity index (χ4n) is 3.30. The molecular weight excluding hydrogens is 390 g/mol. The predicted octanol–water partition coefficient (Wildman–Crippen LogP) is 3.88. The van der Waals surface area contributed by atoms with Crippen molar-refractivity contribution >= 4 is 16.7 Å². The summed E-state index contributed by atoms with van der Waals surface area (Å²) in [6.45, 7) is 7.35. The second kappa shape index (κ2) is 8.29. The molecule has 3 aromatic heterocycles. The smallest absolute Gasteiger partial charge is 0.163 e. The topological polar surface area (TPSA) is 90.6 Å². The maximum absolute atomic E-state index is 5.65. The van der Waals surface area contributed by atoms with Gasteiger partial charge in [0.15, 0.2) is 11.6 Å². The molecule has 0 saturated heterocycles. The third-order valence-corrected chi connectivity index (χ3v) is 4.94. The number of nitrogens with zero attached hydrogens (tertiary/aromatic N) is 6. The van der Waals surface area contributed by atoms with Gasteiger partial charge in [0.25, 0.3) is 0 Å². The summed E-state index contributed by atoms with van der Waals surface area (Å²) in [6.07, 6.45) is 5.86. The lowest BCUT2D eigenvalue weighted by atomic mass is 9.97. The zero-order chi connectivity index (χ0) is 22.0. The minimum Gasteiger partial charge on any atom is -0.496 e. The molecule has 1 N–H and O–H groups in total. The average molecular weight is 418 g/mol. The van der Waals surface area contributed by atoms with E-state index in [4.69, 9.17) is 9.72 Å². The van der Waals surface area contributed by atoms with E-state index in [1.165, 1.54) is 0 Å². The van der Waals surface area contributed by atoms with Gasteiger partial charge in [0, 0.05) is 48.9 Å². The summed E-state index contributed by atoms with van der Waals surface area (Å²) in [4.78, 5) is 13.9. The van der Waals surface area contributed by atoms with E-state index in [0.717, 1.165) is 46.0 Å². The number of pyridine rings is 1. The highest BCUT2D eigenvalue weighted by atomic mass is 16.5. The van der Waals surface area contributed by atoms with Crippen molar-refractivity contribution in [2.24, 2.45) is 12.5 Å². The lowest BCUT2D eigenvalue weighted by molar-refractivity contribution is 0.410. The molecule has 0 atom stereocenters. The maximum atomic E-state index is 5.65. The molecule has 0 unspecified atom stereocenters. The SMILES string of the molecule is COc1cc(-c2nncn2C)ccc1Cc1ncc2ccnc(NCC(C)(C)C)c2n1. The fraction of sp³-hybridized carbons (Fsp3) is 0.348. The highest BCUT2D eigenvalue weighted by molar-refractivity contribution is 5.87. The number of nitrogens with one attached hydrogen (secondary N) is 1. The number of aryl methyl sites for hydroxylation is 1. The van der Waals surface area contributed by atoms with Crippen LogP contribution in [0.4, 0.5) is 5.82 Å². The molecule has 0 radical (unpaired) electrons. The summed E-state index contributed by atoms with van der Waals surface area (Å²) in [5, 5.41) is 12.5. The minimum absolute atomic E-state index is 0.136. The third kappa shape index (κ3) is 4.63. The molecule has 0 amide bonds. The van der Waals surface area contributed by atoms with Crippen LogP contribution in [-0.2, 0) is 13.5 Å². The number of benzene rings is 1. The quantitative estimate of drug-likeness (QED) is 0.509. The molecule has 0 aliphatic rings. The van der Waals surface area contributed by atoms with Crippen molar-refractivity contribution in [3.05, 3.63) is 54.4 Å². The zero-order valence-corrected chi connectivity index (χ0v) is 18.5. The van der Waals surface area contributed by atoms with Crippen LogP contribution in [0, 0.1) is 5.41 Å². The fourth-order valence-corrected chi connectivity index (χ4v) is 3.30. The Bertz CT molecular complexity index is 1210.